The Morgan fingerprint density at radius 1 is 0.944 bits per heavy atom. The van der Waals surface area contributed by atoms with E-state index in [0.29, 0.717) is 11.1 Å². The molecule has 0 radical (unpaired) electrons. The van der Waals surface area contributed by atoms with Gasteiger partial charge in [-0.15, -0.1) is 0 Å². The second-order valence-corrected chi connectivity index (χ2v) is 3.67. The van der Waals surface area contributed by atoms with Crippen molar-refractivity contribution in [2.75, 3.05) is 0 Å². The van der Waals surface area contributed by atoms with Gasteiger partial charge >= 0.3 is 5.97 Å². The molecule has 2 aromatic carbocycles. The van der Waals surface area contributed by atoms with E-state index < -0.39 is 17.6 Å². The SMILES string of the molecule is O=C(O)c1cc(-c2ccc(F)c(F)c2)ccc1O. The molecular weight excluding hydrogens is 242 g/mol. The molecule has 5 heteroatoms. The second kappa shape index (κ2) is 4.44. The van der Waals surface area contributed by atoms with E-state index in [9.17, 15) is 18.7 Å². The maximum Gasteiger partial charge on any atom is 0.339 e. The van der Waals surface area contributed by atoms with Crippen molar-refractivity contribution in [2.45, 2.75) is 0 Å². The molecule has 0 heterocycles. The van der Waals surface area contributed by atoms with E-state index in [1.54, 1.807) is 0 Å². The molecular formula is C13H8F2O3. The summed E-state index contributed by atoms with van der Waals surface area (Å²) < 4.78 is 25.8. The lowest BCUT2D eigenvalue weighted by atomic mass is 10.0. The first-order valence-corrected chi connectivity index (χ1v) is 5.01. The zero-order valence-corrected chi connectivity index (χ0v) is 9.02. The lowest BCUT2D eigenvalue weighted by Gasteiger charge is -2.05. The number of aromatic hydroxyl groups is 1. The Kier molecular flexibility index (Phi) is 2.97. The molecule has 0 unspecified atom stereocenters. The molecule has 2 aromatic rings. The Labute approximate surface area is 101 Å². The van der Waals surface area contributed by atoms with Crippen LogP contribution < -0.4 is 0 Å². The highest BCUT2D eigenvalue weighted by atomic mass is 19.2. The van der Waals surface area contributed by atoms with Gasteiger partial charge in [0, 0.05) is 0 Å². The number of rotatable bonds is 2. The summed E-state index contributed by atoms with van der Waals surface area (Å²) in [5.41, 5.74) is 0.415. The van der Waals surface area contributed by atoms with Gasteiger partial charge in [0.15, 0.2) is 11.6 Å². The lowest BCUT2D eigenvalue weighted by molar-refractivity contribution is 0.0694. The summed E-state index contributed by atoms with van der Waals surface area (Å²) in [6.45, 7) is 0. The Hall–Kier alpha value is -2.43. The van der Waals surface area contributed by atoms with Crippen LogP contribution in [-0.4, -0.2) is 16.2 Å². The predicted molar refractivity (Wildman–Crippen MR) is 60.4 cm³/mol. The van der Waals surface area contributed by atoms with Crippen LogP contribution in [0.3, 0.4) is 0 Å². The number of hydrogen-bond donors (Lipinski definition) is 2. The number of benzene rings is 2. The van der Waals surface area contributed by atoms with Crippen molar-refractivity contribution in [1.29, 1.82) is 0 Å². The van der Waals surface area contributed by atoms with Gasteiger partial charge in [0.05, 0.1) is 0 Å². The summed E-state index contributed by atoms with van der Waals surface area (Å²) in [4.78, 5) is 10.8. The van der Waals surface area contributed by atoms with Crippen molar-refractivity contribution in [3.8, 4) is 16.9 Å². The van der Waals surface area contributed by atoms with Crippen LogP contribution in [0.15, 0.2) is 36.4 Å². The molecule has 0 saturated heterocycles. The molecule has 0 aliphatic heterocycles. The van der Waals surface area contributed by atoms with Gasteiger partial charge in [-0.25, -0.2) is 13.6 Å². The number of phenols is 1. The molecule has 0 aromatic heterocycles. The third-order valence-electron chi connectivity index (χ3n) is 2.48. The average molecular weight is 250 g/mol. The zero-order chi connectivity index (χ0) is 13.3. The molecule has 3 nitrogen and oxygen atoms in total. The van der Waals surface area contributed by atoms with Crippen LogP contribution in [0.1, 0.15) is 10.4 Å². The van der Waals surface area contributed by atoms with Crippen molar-refractivity contribution in [2.24, 2.45) is 0 Å². The minimum atomic E-state index is -1.29. The highest BCUT2D eigenvalue weighted by Gasteiger charge is 2.12. The van der Waals surface area contributed by atoms with Gasteiger partial charge in [-0.05, 0) is 35.4 Å². The first-order chi connectivity index (χ1) is 8.49. The molecule has 18 heavy (non-hydrogen) atoms. The van der Waals surface area contributed by atoms with E-state index in [0.717, 1.165) is 12.1 Å². The first kappa shape index (κ1) is 12.0. The monoisotopic (exact) mass is 250 g/mol. The van der Waals surface area contributed by atoms with Gasteiger partial charge in [-0.3, -0.25) is 0 Å². The number of halogens is 2. The highest BCUT2D eigenvalue weighted by molar-refractivity contribution is 5.92. The normalized spacial score (nSPS) is 10.3. The maximum atomic E-state index is 13.1. The highest BCUT2D eigenvalue weighted by Crippen LogP contribution is 2.27. The summed E-state index contributed by atoms with van der Waals surface area (Å²) >= 11 is 0. The van der Waals surface area contributed by atoms with Crippen molar-refractivity contribution in [1.82, 2.24) is 0 Å². The van der Waals surface area contributed by atoms with E-state index in [1.807, 2.05) is 0 Å². The number of carboxylic acids is 1. The molecule has 2 N–H and O–H groups in total. The largest absolute Gasteiger partial charge is 0.507 e. The summed E-state index contributed by atoms with van der Waals surface area (Å²) in [5.74, 6) is -3.67. The molecule has 0 atom stereocenters. The molecule has 92 valence electrons. The number of carbonyl (C=O) groups is 1. The number of hydrogen-bond acceptors (Lipinski definition) is 2. The summed E-state index contributed by atoms with van der Waals surface area (Å²) in [7, 11) is 0. The number of aromatic carboxylic acids is 1. The molecule has 2 rings (SSSR count). The molecule has 0 aliphatic carbocycles. The Morgan fingerprint density at radius 2 is 1.56 bits per heavy atom. The van der Waals surface area contributed by atoms with E-state index in [2.05, 4.69) is 0 Å². The molecule has 0 fully saturated rings. The molecule has 0 saturated carbocycles. The average Bonchev–Trinajstić information content (AvgIpc) is 2.33. The third-order valence-corrected chi connectivity index (χ3v) is 2.48. The quantitative estimate of drug-likeness (QED) is 0.861. The topological polar surface area (TPSA) is 57.5 Å². The lowest BCUT2D eigenvalue weighted by Crippen LogP contribution is -1.97. The minimum absolute atomic E-state index is 0.294. The van der Waals surface area contributed by atoms with Crippen molar-refractivity contribution < 1.29 is 23.8 Å². The molecule has 0 spiro atoms. The van der Waals surface area contributed by atoms with Crippen molar-refractivity contribution >= 4 is 5.97 Å². The molecule has 0 bridgehead atoms. The van der Waals surface area contributed by atoms with Crippen LogP contribution in [0.4, 0.5) is 8.78 Å². The van der Waals surface area contributed by atoms with Gasteiger partial charge in [0.25, 0.3) is 0 Å². The standard InChI is InChI=1S/C13H8F2O3/c14-10-3-1-8(6-11(10)15)7-2-4-12(16)9(5-7)13(17)18/h1-6,16H,(H,17,18). The van der Waals surface area contributed by atoms with E-state index >= 15 is 0 Å². The minimum Gasteiger partial charge on any atom is -0.507 e. The predicted octanol–water partition coefficient (Wildman–Crippen LogP) is 3.04. The Balaban J connectivity index is 2.54. The van der Waals surface area contributed by atoms with Crippen LogP contribution in [0.2, 0.25) is 0 Å². The van der Waals surface area contributed by atoms with Gasteiger partial charge in [-0.1, -0.05) is 12.1 Å². The van der Waals surface area contributed by atoms with Crippen LogP contribution in [0, 0.1) is 11.6 Å². The fraction of sp³-hybridized carbons (Fsp3) is 0. The number of carboxylic acid groups (broad SMARTS) is 1. The summed E-state index contributed by atoms with van der Waals surface area (Å²) in [6, 6.07) is 7.07. The maximum absolute atomic E-state index is 13.1. The van der Waals surface area contributed by atoms with Crippen LogP contribution in [0.5, 0.6) is 5.75 Å². The van der Waals surface area contributed by atoms with Crippen LogP contribution >= 0.6 is 0 Å². The van der Waals surface area contributed by atoms with Crippen molar-refractivity contribution in [3.63, 3.8) is 0 Å². The zero-order valence-electron chi connectivity index (χ0n) is 9.02. The van der Waals surface area contributed by atoms with Gasteiger partial charge in [0.1, 0.15) is 11.3 Å². The molecule has 0 aliphatic rings. The van der Waals surface area contributed by atoms with E-state index in [-0.39, 0.29) is 11.3 Å². The van der Waals surface area contributed by atoms with Gasteiger partial charge in [-0.2, -0.15) is 0 Å². The summed E-state index contributed by atoms with van der Waals surface area (Å²) in [6.07, 6.45) is 0. The Bertz CT molecular complexity index is 624. The van der Waals surface area contributed by atoms with Gasteiger partial charge < -0.3 is 10.2 Å². The van der Waals surface area contributed by atoms with E-state index in [1.165, 1.54) is 24.3 Å². The molecule has 0 amide bonds. The third kappa shape index (κ3) is 2.15. The first-order valence-electron chi connectivity index (χ1n) is 5.01. The van der Waals surface area contributed by atoms with Crippen LogP contribution in [-0.2, 0) is 0 Å². The fourth-order valence-electron chi connectivity index (χ4n) is 1.56. The smallest absolute Gasteiger partial charge is 0.339 e. The van der Waals surface area contributed by atoms with E-state index in [4.69, 9.17) is 5.11 Å². The summed E-state index contributed by atoms with van der Waals surface area (Å²) in [5, 5.41) is 18.2. The van der Waals surface area contributed by atoms with Crippen molar-refractivity contribution in [3.05, 3.63) is 53.6 Å². The second-order valence-electron chi connectivity index (χ2n) is 3.67. The Morgan fingerprint density at radius 3 is 2.17 bits per heavy atom. The van der Waals surface area contributed by atoms with Gasteiger partial charge in [0.2, 0.25) is 0 Å². The fourth-order valence-corrected chi connectivity index (χ4v) is 1.56. The van der Waals surface area contributed by atoms with Crippen LogP contribution in [0.25, 0.3) is 11.1 Å².